The lowest BCUT2D eigenvalue weighted by atomic mass is 9.79. The molecule has 1 aromatic carbocycles. The van der Waals surface area contributed by atoms with Crippen LogP contribution in [0.5, 0.6) is 0 Å². The Kier molecular flexibility index (Phi) is 5.79. The van der Waals surface area contributed by atoms with Gasteiger partial charge in [0.15, 0.2) is 0 Å². The lowest BCUT2D eigenvalue weighted by molar-refractivity contribution is -0.121. The van der Waals surface area contributed by atoms with Gasteiger partial charge in [0.25, 0.3) is 0 Å². The van der Waals surface area contributed by atoms with Crippen molar-refractivity contribution < 1.29 is 9.53 Å². The van der Waals surface area contributed by atoms with Crippen molar-refractivity contribution in [1.82, 2.24) is 15.2 Å². The molecule has 5 nitrogen and oxygen atoms in total. The lowest BCUT2D eigenvalue weighted by Gasteiger charge is -2.42. The predicted octanol–water partition coefficient (Wildman–Crippen LogP) is 3.11. The number of aromatic nitrogens is 1. The highest BCUT2D eigenvalue weighted by atomic mass is 16.5. The van der Waals surface area contributed by atoms with E-state index in [0.717, 1.165) is 55.6 Å². The molecule has 27 heavy (non-hydrogen) atoms. The first-order valence-electron chi connectivity index (χ1n) is 10.4. The molecule has 0 radical (unpaired) electrons. The highest BCUT2D eigenvalue weighted by molar-refractivity contribution is 5.88. The number of aromatic amines is 1. The van der Waals surface area contributed by atoms with Gasteiger partial charge in [0, 0.05) is 48.8 Å². The normalized spacial score (nSPS) is 20.6. The van der Waals surface area contributed by atoms with Crippen LogP contribution in [0.3, 0.4) is 0 Å². The molecule has 1 aromatic heterocycles. The fraction of sp³-hybridized carbons (Fsp3) is 0.591. The Hall–Kier alpha value is -1.85. The van der Waals surface area contributed by atoms with E-state index >= 15 is 0 Å². The molecule has 2 aromatic rings. The number of hydrogen-bond acceptors (Lipinski definition) is 3. The number of piperidine rings is 1. The van der Waals surface area contributed by atoms with E-state index in [1.54, 1.807) is 0 Å². The minimum Gasteiger partial charge on any atom is -0.381 e. The van der Waals surface area contributed by atoms with Crippen LogP contribution in [0.1, 0.15) is 37.7 Å². The van der Waals surface area contributed by atoms with Crippen LogP contribution in [0.25, 0.3) is 10.9 Å². The molecule has 0 aliphatic carbocycles. The van der Waals surface area contributed by atoms with Crippen LogP contribution in [0.2, 0.25) is 0 Å². The third-order valence-corrected chi connectivity index (χ3v) is 6.25. The summed E-state index contributed by atoms with van der Waals surface area (Å²) in [5.74, 6) is 0.115. The molecule has 0 saturated carbocycles. The smallest absolute Gasteiger partial charge is 0.224 e. The fourth-order valence-corrected chi connectivity index (χ4v) is 4.59. The van der Waals surface area contributed by atoms with Crippen molar-refractivity contribution in [3.8, 4) is 0 Å². The summed E-state index contributed by atoms with van der Waals surface area (Å²) in [7, 11) is 0. The van der Waals surface area contributed by atoms with E-state index in [9.17, 15) is 4.79 Å². The number of nitrogens with one attached hydrogen (secondary N) is 2. The van der Waals surface area contributed by atoms with Gasteiger partial charge in [0.1, 0.15) is 0 Å². The van der Waals surface area contributed by atoms with Gasteiger partial charge in [-0.25, -0.2) is 0 Å². The number of rotatable bonds is 6. The number of likely N-dealkylation sites (tertiary alicyclic amines) is 1. The summed E-state index contributed by atoms with van der Waals surface area (Å²) in [6.45, 7) is 5.87. The molecular formula is C22H31N3O2. The summed E-state index contributed by atoms with van der Waals surface area (Å²) in [4.78, 5) is 18.5. The van der Waals surface area contributed by atoms with Crippen LogP contribution in [0.4, 0.5) is 0 Å². The summed E-state index contributed by atoms with van der Waals surface area (Å²) in [5.41, 5.74) is 2.32. The maximum Gasteiger partial charge on any atom is 0.224 e. The number of benzene rings is 1. The van der Waals surface area contributed by atoms with Crippen LogP contribution in [0, 0.1) is 5.41 Å². The fourth-order valence-electron chi connectivity index (χ4n) is 4.59. The maximum absolute atomic E-state index is 12.7. The quantitative estimate of drug-likeness (QED) is 0.823. The highest BCUT2D eigenvalue weighted by Gasteiger charge is 2.35. The van der Waals surface area contributed by atoms with Crippen LogP contribution in [-0.2, 0) is 16.0 Å². The second kappa shape index (κ2) is 8.44. The van der Waals surface area contributed by atoms with E-state index in [0.29, 0.717) is 6.42 Å². The molecule has 146 valence electrons. The zero-order valence-electron chi connectivity index (χ0n) is 16.1. The molecule has 2 fully saturated rings. The van der Waals surface area contributed by atoms with E-state index in [1.165, 1.54) is 32.4 Å². The molecule has 0 bridgehead atoms. The number of fused-ring (bicyclic) bond motifs is 1. The molecule has 0 atom stereocenters. The van der Waals surface area contributed by atoms with Gasteiger partial charge < -0.3 is 19.9 Å². The van der Waals surface area contributed by atoms with Gasteiger partial charge in [0.05, 0.1) is 6.42 Å². The van der Waals surface area contributed by atoms with Gasteiger partial charge in [-0.15, -0.1) is 0 Å². The van der Waals surface area contributed by atoms with Crippen molar-refractivity contribution >= 4 is 16.8 Å². The van der Waals surface area contributed by atoms with Crippen molar-refractivity contribution in [1.29, 1.82) is 0 Å². The number of nitrogens with zero attached hydrogens (tertiary/aromatic N) is 1. The van der Waals surface area contributed by atoms with Crippen LogP contribution < -0.4 is 5.32 Å². The Bertz CT molecular complexity index is 758. The number of hydrogen-bond donors (Lipinski definition) is 2. The lowest BCUT2D eigenvalue weighted by Crippen LogP contribution is -2.49. The average molecular weight is 370 g/mol. The molecule has 2 saturated heterocycles. The Labute approximate surface area is 161 Å². The monoisotopic (exact) mass is 369 g/mol. The highest BCUT2D eigenvalue weighted by Crippen LogP contribution is 2.32. The number of ether oxygens (including phenoxy) is 1. The van der Waals surface area contributed by atoms with E-state index in [2.05, 4.69) is 21.3 Å². The first kappa shape index (κ1) is 18.5. The molecule has 5 heteroatoms. The van der Waals surface area contributed by atoms with Crippen molar-refractivity contribution in [3.63, 3.8) is 0 Å². The molecule has 0 unspecified atom stereocenters. The third kappa shape index (κ3) is 4.53. The van der Waals surface area contributed by atoms with Crippen molar-refractivity contribution in [3.05, 3.63) is 36.0 Å². The second-order valence-corrected chi connectivity index (χ2v) is 8.26. The maximum atomic E-state index is 12.7. The third-order valence-electron chi connectivity index (χ3n) is 6.25. The van der Waals surface area contributed by atoms with Gasteiger partial charge in [-0.2, -0.15) is 0 Å². The summed E-state index contributed by atoms with van der Waals surface area (Å²) < 4.78 is 5.62. The molecule has 2 aliphatic heterocycles. The largest absolute Gasteiger partial charge is 0.381 e. The zero-order chi connectivity index (χ0) is 18.5. The Morgan fingerprint density at radius 3 is 2.74 bits per heavy atom. The average Bonchev–Trinajstić information content (AvgIpc) is 3.11. The first-order chi connectivity index (χ1) is 13.2. The summed E-state index contributed by atoms with van der Waals surface area (Å²) >= 11 is 0. The Morgan fingerprint density at radius 1 is 1.15 bits per heavy atom. The summed E-state index contributed by atoms with van der Waals surface area (Å²) in [5, 5.41) is 4.39. The molecule has 2 N–H and O–H groups in total. The molecule has 1 amide bonds. The predicted molar refractivity (Wildman–Crippen MR) is 108 cm³/mol. The van der Waals surface area contributed by atoms with E-state index in [-0.39, 0.29) is 11.3 Å². The van der Waals surface area contributed by atoms with Gasteiger partial charge in [-0.1, -0.05) is 24.6 Å². The number of H-pyrrole nitrogens is 1. The molecule has 3 heterocycles. The van der Waals surface area contributed by atoms with Gasteiger partial charge in [0.2, 0.25) is 5.91 Å². The Morgan fingerprint density at radius 2 is 1.93 bits per heavy atom. The summed E-state index contributed by atoms with van der Waals surface area (Å²) in [6.07, 6.45) is 8.43. The second-order valence-electron chi connectivity index (χ2n) is 8.26. The first-order valence-corrected chi connectivity index (χ1v) is 10.4. The van der Waals surface area contributed by atoms with Crippen LogP contribution >= 0.6 is 0 Å². The number of amides is 1. The molecule has 4 rings (SSSR count). The van der Waals surface area contributed by atoms with Gasteiger partial charge in [-0.05, 0) is 50.4 Å². The number of para-hydroxylation sites is 1. The molecule has 0 spiro atoms. The van der Waals surface area contributed by atoms with Crippen molar-refractivity contribution in [2.24, 2.45) is 5.41 Å². The minimum absolute atomic E-state index is 0.115. The van der Waals surface area contributed by atoms with Crippen molar-refractivity contribution in [2.45, 2.75) is 38.5 Å². The van der Waals surface area contributed by atoms with E-state index in [4.69, 9.17) is 4.74 Å². The zero-order valence-corrected chi connectivity index (χ0v) is 16.1. The van der Waals surface area contributed by atoms with Crippen molar-refractivity contribution in [2.75, 3.05) is 39.4 Å². The number of carbonyl (C=O) groups excluding carboxylic acids is 1. The molecular weight excluding hydrogens is 338 g/mol. The van der Waals surface area contributed by atoms with E-state index in [1.807, 2.05) is 24.4 Å². The SMILES string of the molecule is O=C(Cc1c[nH]c2ccccc12)NCC1(CN2CCCCC2)CCOCC1. The van der Waals surface area contributed by atoms with Gasteiger partial charge >= 0.3 is 0 Å². The Balaban J connectivity index is 1.37. The standard InChI is InChI=1S/C22H31N3O2/c26-21(14-18-15-23-20-7-3-2-6-19(18)20)24-16-22(8-12-27-13-9-22)17-25-10-4-1-5-11-25/h2-3,6-7,15,23H,1,4-5,8-14,16-17H2,(H,24,26). The summed E-state index contributed by atoms with van der Waals surface area (Å²) in [6, 6.07) is 8.16. The topological polar surface area (TPSA) is 57.4 Å². The van der Waals surface area contributed by atoms with Crippen LogP contribution in [-0.4, -0.2) is 55.2 Å². The van der Waals surface area contributed by atoms with E-state index < -0.39 is 0 Å². The molecule has 2 aliphatic rings. The van der Waals surface area contributed by atoms with Gasteiger partial charge in [-0.3, -0.25) is 4.79 Å². The minimum atomic E-state index is 0.115. The number of carbonyl (C=O) groups is 1. The van der Waals surface area contributed by atoms with Crippen LogP contribution in [0.15, 0.2) is 30.5 Å².